The number of sulfonamides is 1. The second kappa shape index (κ2) is 6.46. The highest BCUT2D eigenvalue weighted by Gasteiger charge is 2.22. The topological polar surface area (TPSA) is 58.6 Å². The van der Waals surface area contributed by atoms with E-state index in [1.54, 1.807) is 29.5 Å². The van der Waals surface area contributed by atoms with E-state index in [1.807, 2.05) is 11.4 Å². The van der Waals surface area contributed by atoms with Crippen LogP contribution in [0.25, 0.3) is 0 Å². The molecule has 21 heavy (non-hydrogen) atoms. The maximum absolute atomic E-state index is 12.2. The van der Waals surface area contributed by atoms with Crippen LogP contribution in [0.3, 0.4) is 0 Å². The molecule has 114 valence electrons. The maximum Gasteiger partial charge on any atom is 0.246 e. The number of nitrogens with zero attached hydrogens (tertiary/aromatic N) is 1. The first-order chi connectivity index (χ1) is 9.95. The molecule has 0 fully saturated rings. The van der Waals surface area contributed by atoms with Gasteiger partial charge in [0.2, 0.25) is 10.0 Å². The average molecular weight is 326 g/mol. The zero-order valence-electron chi connectivity index (χ0n) is 12.2. The first kappa shape index (κ1) is 15.8. The van der Waals surface area contributed by atoms with Gasteiger partial charge in [-0.05, 0) is 34.5 Å². The smallest absolute Gasteiger partial charge is 0.246 e. The molecule has 0 aliphatic heterocycles. The molecule has 0 spiro atoms. The minimum absolute atomic E-state index is 0.163. The minimum atomic E-state index is -3.51. The summed E-state index contributed by atoms with van der Waals surface area (Å²) in [6, 6.07) is 7.04. The maximum atomic E-state index is 12.2. The van der Waals surface area contributed by atoms with Crippen LogP contribution in [0.1, 0.15) is 5.56 Å². The second-order valence-corrected chi connectivity index (χ2v) is 7.54. The molecule has 1 aromatic carbocycles. The lowest BCUT2D eigenvalue weighted by Crippen LogP contribution is -2.22. The van der Waals surface area contributed by atoms with Gasteiger partial charge in [-0.1, -0.05) is 0 Å². The van der Waals surface area contributed by atoms with Gasteiger partial charge in [0.15, 0.2) is 0 Å². The van der Waals surface area contributed by atoms with Crippen molar-refractivity contribution in [2.75, 3.05) is 26.5 Å². The molecule has 2 aromatic rings. The summed E-state index contributed by atoms with van der Waals surface area (Å²) in [5.41, 5.74) is 2.00. The van der Waals surface area contributed by atoms with Gasteiger partial charge in [0.05, 0.1) is 7.11 Å². The van der Waals surface area contributed by atoms with Crippen LogP contribution in [0, 0.1) is 0 Å². The lowest BCUT2D eigenvalue weighted by atomic mass is 10.2. The fourth-order valence-corrected chi connectivity index (χ4v) is 3.48. The molecular formula is C14H18N2O3S2. The summed E-state index contributed by atoms with van der Waals surface area (Å²) in [5.74, 6) is 0.332. The Kier molecular flexibility index (Phi) is 4.87. The van der Waals surface area contributed by atoms with Gasteiger partial charge in [-0.3, -0.25) is 0 Å². The van der Waals surface area contributed by atoms with Crippen molar-refractivity contribution in [1.29, 1.82) is 0 Å². The van der Waals surface area contributed by atoms with Crippen LogP contribution in [0.2, 0.25) is 0 Å². The number of nitrogens with one attached hydrogen (secondary N) is 1. The predicted octanol–water partition coefficient (Wildman–Crippen LogP) is 2.62. The van der Waals surface area contributed by atoms with E-state index in [0.717, 1.165) is 5.69 Å². The Balaban J connectivity index is 2.24. The summed E-state index contributed by atoms with van der Waals surface area (Å²) in [5, 5.41) is 7.33. The van der Waals surface area contributed by atoms with Crippen LogP contribution in [0.5, 0.6) is 5.75 Å². The number of ether oxygens (including phenoxy) is 1. The van der Waals surface area contributed by atoms with Gasteiger partial charge in [0.25, 0.3) is 0 Å². The van der Waals surface area contributed by atoms with Crippen molar-refractivity contribution in [3.05, 3.63) is 40.6 Å². The average Bonchev–Trinajstić information content (AvgIpc) is 2.97. The first-order valence-electron chi connectivity index (χ1n) is 6.30. The van der Waals surface area contributed by atoms with Crippen molar-refractivity contribution in [1.82, 2.24) is 4.31 Å². The molecule has 0 aliphatic rings. The molecule has 1 heterocycles. The summed E-state index contributed by atoms with van der Waals surface area (Å²) < 4.78 is 30.8. The van der Waals surface area contributed by atoms with E-state index >= 15 is 0 Å². The van der Waals surface area contributed by atoms with E-state index in [4.69, 9.17) is 4.74 Å². The van der Waals surface area contributed by atoms with Gasteiger partial charge in [-0.25, -0.2) is 12.7 Å². The third-order valence-electron chi connectivity index (χ3n) is 3.00. The van der Waals surface area contributed by atoms with Crippen molar-refractivity contribution in [3.8, 4) is 5.75 Å². The molecule has 0 saturated carbocycles. The Bertz CT molecular complexity index is 695. The SMILES string of the molecule is COc1cc(NCc2ccsc2)ccc1S(=O)(=O)N(C)C. The number of thiophene rings is 1. The standard InChI is InChI=1S/C14H18N2O3S2/c1-16(2)21(17,18)14-5-4-12(8-13(14)19-3)15-9-11-6-7-20-10-11/h4-8,10,15H,9H2,1-3H3. The number of rotatable bonds is 6. The molecule has 1 aromatic heterocycles. The normalized spacial score (nSPS) is 11.6. The molecule has 0 bridgehead atoms. The molecule has 2 rings (SSSR count). The van der Waals surface area contributed by atoms with Crippen molar-refractivity contribution >= 4 is 27.0 Å². The monoisotopic (exact) mass is 326 g/mol. The molecule has 0 unspecified atom stereocenters. The van der Waals surface area contributed by atoms with Gasteiger partial charge in [0.1, 0.15) is 10.6 Å². The van der Waals surface area contributed by atoms with Gasteiger partial charge in [0, 0.05) is 32.4 Å². The predicted molar refractivity (Wildman–Crippen MR) is 85.5 cm³/mol. The molecule has 0 amide bonds. The Morgan fingerprint density at radius 1 is 1.29 bits per heavy atom. The van der Waals surface area contributed by atoms with E-state index in [-0.39, 0.29) is 4.90 Å². The van der Waals surface area contributed by atoms with Crippen molar-refractivity contribution < 1.29 is 13.2 Å². The molecule has 0 saturated heterocycles. The van der Waals surface area contributed by atoms with Gasteiger partial charge in [-0.2, -0.15) is 11.3 Å². The van der Waals surface area contributed by atoms with Crippen molar-refractivity contribution in [3.63, 3.8) is 0 Å². The second-order valence-electron chi connectivity index (χ2n) is 4.64. The molecule has 1 N–H and O–H groups in total. The number of methoxy groups -OCH3 is 1. The van der Waals surface area contributed by atoms with Crippen molar-refractivity contribution in [2.24, 2.45) is 0 Å². The zero-order chi connectivity index (χ0) is 15.5. The summed E-state index contributed by atoms with van der Waals surface area (Å²) in [6.45, 7) is 0.687. The van der Waals surface area contributed by atoms with E-state index in [0.29, 0.717) is 12.3 Å². The Labute approximate surface area is 129 Å². The highest BCUT2D eigenvalue weighted by molar-refractivity contribution is 7.89. The van der Waals surface area contributed by atoms with E-state index in [9.17, 15) is 8.42 Å². The lowest BCUT2D eigenvalue weighted by molar-refractivity contribution is 0.400. The molecule has 5 nitrogen and oxygen atoms in total. The molecular weight excluding hydrogens is 308 g/mol. The highest BCUT2D eigenvalue weighted by atomic mass is 32.2. The van der Waals surface area contributed by atoms with Crippen LogP contribution in [-0.4, -0.2) is 33.9 Å². The zero-order valence-corrected chi connectivity index (χ0v) is 13.8. The van der Waals surface area contributed by atoms with Crippen molar-refractivity contribution in [2.45, 2.75) is 11.4 Å². The largest absolute Gasteiger partial charge is 0.495 e. The molecule has 0 aliphatic carbocycles. The van der Waals surface area contributed by atoms with Crippen LogP contribution in [-0.2, 0) is 16.6 Å². The van der Waals surface area contributed by atoms with Crippen LogP contribution >= 0.6 is 11.3 Å². The Hall–Kier alpha value is -1.57. The number of anilines is 1. The Morgan fingerprint density at radius 3 is 2.62 bits per heavy atom. The number of hydrogen-bond acceptors (Lipinski definition) is 5. The first-order valence-corrected chi connectivity index (χ1v) is 8.69. The van der Waals surface area contributed by atoms with Crippen LogP contribution < -0.4 is 10.1 Å². The molecule has 0 atom stereocenters. The van der Waals surface area contributed by atoms with Crippen LogP contribution in [0.15, 0.2) is 39.9 Å². The van der Waals surface area contributed by atoms with E-state index in [1.165, 1.54) is 31.1 Å². The number of hydrogen-bond donors (Lipinski definition) is 1. The molecule has 7 heteroatoms. The van der Waals surface area contributed by atoms with Gasteiger partial charge in [-0.15, -0.1) is 0 Å². The van der Waals surface area contributed by atoms with E-state index in [2.05, 4.69) is 10.7 Å². The van der Waals surface area contributed by atoms with E-state index < -0.39 is 10.0 Å². The van der Waals surface area contributed by atoms with Crippen LogP contribution in [0.4, 0.5) is 5.69 Å². The fraction of sp³-hybridized carbons (Fsp3) is 0.286. The summed E-state index contributed by atoms with van der Waals surface area (Å²) >= 11 is 1.64. The third-order valence-corrected chi connectivity index (χ3v) is 5.59. The van der Waals surface area contributed by atoms with Gasteiger partial charge >= 0.3 is 0 Å². The minimum Gasteiger partial charge on any atom is -0.495 e. The molecule has 0 radical (unpaired) electrons. The fourth-order valence-electron chi connectivity index (χ4n) is 1.78. The Morgan fingerprint density at radius 2 is 2.05 bits per heavy atom. The third kappa shape index (κ3) is 3.55. The summed E-state index contributed by atoms with van der Waals surface area (Å²) in [6.07, 6.45) is 0. The lowest BCUT2D eigenvalue weighted by Gasteiger charge is -2.15. The number of benzene rings is 1. The summed E-state index contributed by atoms with van der Waals surface area (Å²) in [4.78, 5) is 0.163. The highest BCUT2D eigenvalue weighted by Crippen LogP contribution is 2.29. The van der Waals surface area contributed by atoms with Gasteiger partial charge < -0.3 is 10.1 Å². The summed E-state index contributed by atoms with van der Waals surface area (Å²) in [7, 11) is 0.948. The quantitative estimate of drug-likeness (QED) is 0.886.